The van der Waals surface area contributed by atoms with Crippen molar-refractivity contribution < 1.29 is 14.8 Å². The Labute approximate surface area is 122 Å². The Kier molecular flexibility index (Phi) is 5.91. The van der Waals surface area contributed by atoms with E-state index in [2.05, 4.69) is 0 Å². The van der Waals surface area contributed by atoms with Crippen molar-refractivity contribution in [1.29, 1.82) is 0 Å². The van der Waals surface area contributed by atoms with Gasteiger partial charge in [0.2, 0.25) is 0 Å². The summed E-state index contributed by atoms with van der Waals surface area (Å²) in [7, 11) is 1.76. The third kappa shape index (κ3) is 4.79. The molecule has 1 N–H and O–H groups in total. The average molecular weight is 301 g/mol. The second-order valence-electron chi connectivity index (χ2n) is 4.68. The van der Waals surface area contributed by atoms with E-state index in [-0.39, 0.29) is 12.1 Å². The highest BCUT2D eigenvalue weighted by atomic mass is 35.5. The van der Waals surface area contributed by atoms with Crippen molar-refractivity contribution >= 4 is 23.3 Å². The van der Waals surface area contributed by atoms with Crippen LogP contribution in [-0.4, -0.2) is 41.0 Å². The molecular weight excluding hydrogens is 284 g/mol. The molecule has 0 fully saturated rings. The van der Waals surface area contributed by atoms with E-state index in [0.29, 0.717) is 24.2 Å². The predicted octanol–water partition coefficient (Wildman–Crippen LogP) is 2.59. The number of hydrogen-bond acceptors (Lipinski definition) is 4. The maximum absolute atomic E-state index is 10.9. The molecule has 1 atom stereocenters. The second kappa shape index (κ2) is 7.21. The number of nitro groups is 1. The van der Waals surface area contributed by atoms with Crippen LogP contribution in [0.4, 0.5) is 5.69 Å². The van der Waals surface area contributed by atoms with Crippen molar-refractivity contribution in [2.24, 2.45) is 0 Å². The molecule has 0 spiro atoms. The summed E-state index contributed by atoms with van der Waals surface area (Å²) in [6.07, 6.45) is 0.0359. The van der Waals surface area contributed by atoms with Gasteiger partial charge in [-0.2, -0.15) is 0 Å². The van der Waals surface area contributed by atoms with Crippen LogP contribution in [-0.2, 0) is 4.79 Å². The van der Waals surface area contributed by atoms with Crippen LogP contribution in [0.1, 0.15) is 22.9 Å². The Morgan fingerprint density at radius 2 is 2.20 bits per heavy atom. The van der Waals surface area contributed by atoms with Crippen LogP contribution < -0.4 is 0 Å². The molecule has 0 heterocycles. The normalized spacial score (nSPS) is 12.4. The lowest BCUT2D eigenvalue weighted by molar-refractivity contribution is -0.385. The van der Waals surface area contributed by atoms with E-state index in [9.17, 15) is 14.9 Å². The molecule has 0 saturated heterocycles. The molecule has 0 aliphatic rings. The number of hydrogen-bond donors (Lipinski definition) is 1. The molecule has 0 amide bonds. The lowest BCUT2D eigenvalue weighted by atomic mass is 10.1. The lowest BCUT2D eigenvalue weighted by Gasteiger charge is -2.19. The van der Waals surface area contributed by atoms with Gasteiger partial charge in [-0.3, -0.25) is 14.9 Å². The number of halogens is 1. The molecule has 20 heavy (non-hydrogen) atoms. The Hall–Kier alpha value is -1.66. The van der Waals surface area contributed by atoms with Gasteiger partial charge < -0.3 is 10.0 Å². The van der Waals surface area contributed by atoms with E-state index in [0.717, 1.165) is 0 Å². The standard InChI is InChI=1S/C13H17ClN2O4/c1-9-3-4-10(7-12(9)16(19)20)11(14)8-15(2)6-5-13(17)18/h3-4,7,11H,5-6,8H2,1-2H3,(H,17,18). The quantitative estimate of drug-likeness (QED) is 0.475. The monoisotopic (exact) mass is 300 g/mol. The minimum Gasteiger partial charge on any atom is -0.481 e. The molecule has 0 aliphatic heterocycles. The van der Waals surface area contributed by atoms with Crippen LogP contribution in [0.5, 0.6) is 0 Å². The zero-order valence-electron chi connectivity index (χ0n) is 11.4. The van der Waals surface area contributed by atoms with Crippen molar-refractivity contribution in [3.8, 4) is 0 Å². The number of rotatable bonds is 7. The van der Waals surface area contributed by atoms with Crippen LogP contribution in [0, 0.1) is 17.0 Å². The fourth-order valence-electron chi connectivity index (χ4n) is 1.77. The van der Waals surface area contributed by atoms with Gasteiger partial charge in [0.15, 0.2) is 0 Å². The zero-order valence-corrected chi connectivity index (χ0v) is 12.1. The van der Waals surface area contributed by atoms with E-state index in [1.165, 1.54) is 6.07 Å². The van der Waals surface area contributed by atoms with E-state index in [4.69, 9.17) is 16.7 Å². The Bertz CT molecular complexity index is 507. The summed E-state index contributed by atoms with van der Waals surface area (Å²) in [6.45, 7) is 2.48. The molecule has 1 rings (SSSR count). The van der Waals surface area contributed by atoms with Crippen molar-refractivity contribution in [2.45, 2.75) is 18.7 Å². The van der Waals surface area contributed by atoms with Gasteiger partial charge in [-0.15, -0.1) is 11.6 Å². The lowest BCUT2D eigenvalue weighted by Crippen LogP contribution is -2.25. The minimum atomic E-state index is -0.867. The topological polar surface area (TPSA) is 83.7 Å². The van der Waals surface area contributed by atoms with Gasteiger partial charge in [-0.1, -0.05) is 12.1 Å². The highest BCUT2D eigenvalue weighted by Gasteiger charge is 2.17. The molecule has 0 radical (unpaired) electrons. The Morgan fingerprint density at radius 3 is 2.75 bits per heavy atom. The number of benzene rings is 1. The number of alkyl halides is 1. The van der Waals surface area contributed by atoms with Gasteiger partial charge in [0, 0.05) is 24.7 Å². The van der Waals surface area contributed by atoms with Gasteiger partial charge in [-0.25, -0.2) is 0 Å². The number of carboxylic acid groups (broad SMARTS) is 1. The van der Waals surface area contributed by atoms with Crippen molar-refractivity contribution in [3.63, 3.8) is 0 Å². The fraction of sp³-hybridized carbons (Fsp3) is 0.462. The first-order chi connectivity index (χ1) is 9.31. The SMILES string of the molecule is Cc1ccc(C(Cl)CN(C)CCC(=O)O)cc1[N+](=O)[O-]. The number of carboxylic acids is 1. The number of carbonyl (C=O) groups is 1. The molecule has 0 bridgehead atoms. The molecule has 7 heteroatoms. The van der Waals surface area contributed by atoms with E-state index in [1.807, 2.05) is 0 Å². The Morgan fingerprint density at radius 1 is 1.55 bits per heavy atom. The third-order valence-electron chi connectivity index (χ3n) is 2.97. The van der Waals surface area contributed by atoms with Gasteiger partial charge >= 0.3 is 5.97 Å². The summed E-state index contributed by atoms with van der Waals surface area (Å²) >= 11 is 6.23. The first-order valence-corrected chi connectivity index (χ1v) is 6.54. The summed E-state index contributed by atoms with van der Waals surface area (Å²) in [5.41, 5.74) is 1.29. The number of likely N-dealkylation sites (N-methyl/N-ethyl adjacent to an activating group) is 1. The van der Waals surface area contributed by atoms with E-state index in [1.54, 1.807) is 31.0 Å². The molecule has 6 nitrogen and oxygen atoms in total. The van der Waals surface area contributed by atoms with Gasteiger partial charge in [0.25, 0.3) is 5.69 Å². The van der Waals surface area contributed by atoms with Crippen LogP contribution in [0.25, 0.3) is 0 Å². The number of nitrogens with zero attached hydrogens (tertiary/aromatic N) is 2. The van der Waals surface area contributed by atoms with Crippen molar-refractivity contribution in [1.82, 2.24) is 4.90 Å². The number of aliphatic carboxylic acids is 1. The summed E-state index contributed by atoms with van der Waals surface area (Å²) in [4.78, 5) is 22.7. The zero-order chi connectivity index (χ0) is 15.3. The largest absolute Gasteiger partial charge is 0.481 e. The summed E-state index contributed by atoms with van der Waals surface area (Å²) in [6, 6.07) is 4.89. The van der Waals surface area contributed by atoms with Crippen molar-refractivity contribution in [2.75, 3.05) is 20.1 Å². The van der Waals surface area contributed by atoms with Gasteiger partial charge in [0.1, 0.15) is 0 Å². The maximum Gasteiger partial charge on any atom is 0.304 e. The van der Waals surface area contributed by atoms with Crippen LogP contribution in [0.3, 0.4) is 0 Å². The second-order valence-corrected chi connectivity index (χ2v) is 5.20. The summed E-state index contributed by atoms with van der Waals surface area (Å²) < 4.78 is 0. The summed E-state index contributed by atoms with van der Waals surface area (Å²) in [5, 5.41) is 19.1. The maximum atomic E-state index is 10.9. The smallest absolute Gasteiger partial charge is 0.304 e. The summed E-state index contributed by atoms with van der Waals surface area (Å²) in [5.74, 6) is -0.867. The van der Waals surface area contributed by atoms with E-state index >= 15 is 0 Å². The Balaban J connectivity index is 2.72. The van der Waals surface area contributed by atoms with Crippen LogP contribution in [0.15, 0.2) is 18.2 Å². The van der Waals surface area contributed by atoms with Crippen LogP contribution in [0.2, 0.25) is 0 Å². The molecule has 0 aliphatic carbocycles. The third-order valence-corrected chi connectivity index (χ3v) is 3.36. The molecule has 0 aromatic heterocycles. The average Bonchev–Trinajstić information content (AvgIpc) is 2.36. The molecule has 110 valence electrons. The molecule has 1 aromatic rings. The highest BCUT2D eigenvalue weighted by Crippen LogP contribution is 2.27. The molecule has 0 saturated carbocycles. The fourth-order valence-corrected chi connectivity index (χ4v) is 2.15. The first kappa shape index (κ1) is 16.4. The number of nitro benzene ring substituents is 1. The van der Waals surface area contributed by atoms with Gasteiger partial charge in [-0.05, 0) is 19.5 Å². The van der Waals surface area contributed by atoms with Gasteiger partial charge in [0.05, 0.1) is 16.7 Å². The minimum absolute atomic E-state index is 0.0359. The van der Waals surface area contributed by atoms with Crippen molar-refractivity contribution in [3.05, 3.63) is 39.4 Å². The van der Waals surface area contributed by atoms with E-state index < -0.39 is 16.3 Å². The highest BCUT2D eigenvalue weighted by molar-refractivity contribution is 6.21. The first-order valence-electron chi connectivity index (χ1n) is 6.10. The molecular formula is C13H17ClN2O4. The molecule has 1 unspecified atom stereocenters. The predicted molar refractivity (Wildman–Crippen MR) is 76.2 cm³/mol. The molecule has 1 aromatic carbocycles. The number of aryl methyl sites for hydroxylation is 1. The van der Waals surface area contributed by atoms with Crippen LogP contribution >= 0.6 is 11.6 Å².